The second-order valence-electron chi connectivity index (χ2n) is 7.07. The summed E-state index contributed by atoms with van der Waals surface area (Å²) < 4.78 is 0. The minimum atomic E-state index is -0.140. The molecule has 0 spiro atoms. The first kappa shape index (κ1) is 19.2. The van der Waals surface area contributed by atoms with Crippen LogP contribution >= 0.6 is 11.8 Å². The summed E-state index contributed by atoms with van der Waals surface area (Å²) in [7, 11) is 0. The van der Waals surface area contributed by atoms with Gasteiger partial charge in [-0.3, -0.25) is 9.78 Å². The standard InChI is InChI=1S/C23H22N4OS/c1-14-8-9-21-18(10-14)22(11-15(2)25-21)29-13-23(28)27-24-12-19-16(3)26-20-7-5-4-6-17(19)20/h4-12,26H,13H2,1-3H3,(H,27,28)/b24-12+. The molecule has 0 unspecified atom stereocenters. The van der Waals surface area contributed by atoms with Gasteiger partial charge in [-0.15, -0.1) is 11.8 Å². The van der Waals surface area contributed by atoms with Crippen LogP contribution < -0.4 is 5.43 Å². The number of fused-ring (bicyclic) bond motifs is 2. The van der Waals surface area contributed by atoms with Crippen LogP contribution in [0.1, 0.15) is 22.5 Å². The van der Waals surface area contributed by atoms with E-state index in [9.17, 15) is 4.79 Å². The summed E-state index contributed by atoms with van der Waals surface area (Å²) in [6.45, 7) is 6.02. The van der Waals surface area contributed by atoms with Gasteiger partial charge >= 0.3 is 0 Å². The van der Waals surface area contributed by atoms with Gasteiger partial charge in [0.2, 0.25) is 5.91 Å². The molecule has 0 radical (unpaired) electrons. The van der Waals surface area contributed by atoms with Crippen LogP contribution in [-0.2, 0) is 4.79 Å². The third kappa shape index (κ3) is 4.17. The molecule has 0 atom stereocenters. The highest BCUT2D eigenvalue weighted by atomic mass is 32.2. The Bertz CT molecular complexity index is 1240. The van der Waals surface area contributed by atoms with E-state index < -0.39 is 0 Å². The summed E-state index contributed by atoms with van der Waals surface area (Å²) >= 11 is 1.50. The van der Waals surface area contributed by atoms with Gasteiger partial charge in [-0.2, -0.15) is 5.10 Å². The molecule has 29 heavy (non-hydrogen) atoms. The Balaban J connectivity index is 1.44. The number of H-pyrrole nitrogens is 1. The van der Waals surface area contributed by atoms with E-state index in [0.29, 0.717) is 0 Å². The molecule has 4 rings (SSSR count). The topological polar surface area (TPSA) is 70.1 Å². The van der Waals surface area contributed by atoms with Gasteiger partial charge < -0.3 is 4.98 Å². The number of nitrogens with zero attached hydrogens (tertiary/aromatic N) is 2. The number of carbonyl (C=O) groups excluding carboxylic acids is 1. The molecule has 2 heterocycles. The van der Waals surface area contributed by atoms with Crippen LogP contribution in [0.5, 0.6) is 0 Å². The van der Waals surface area contributed by atoms with Crippen LogP contribution in [0.15, 0.2) is 58.5 Å². The summed E-state index contributed by atoms with van der Waals surface area (Å²) in [5.74, 6) is 0.149. The Morgan fingerprint density at radius 2 is 1.97 bits per heavy atom. The van der Waals surface area contributed by atoms with Crippen molar-refractivity contribution in [1.82, 2.24) is 15.4 Å². The van der Waals surface area contributed by atoms with E-state index in [1.807, 2.05) is 50.2 Å². The minimum Gasteiger partial charge on any atom is -0.358 e. The number of para-hydroxylation sites is 1. The minimum absolute atomic E-state index is 0.140. The molecule has 0 aliphatic rings. The lowest BCUT2D eigenvalue weighted by molar-refractivity contribution is -0.118. The smallest absolute Gasteiger partial charge is 0.250 e. The highest BCUT2D eigenvalue weighted by molar-refractivity contribution is 8.00. The van der Waals surface area contributed by atoms with Gasteiger partial charge in [-0.25, -0.2) is 5.43 Å². The van der Waals surface area contributed by atoms with Crippen LogP contribution in [0.2, 0.25) is 0 Å². The van der Waals surface area contributed by atoms with E-state index in [-0.39, 0.29) is 11.7 Å². The molecule has 2 aromatic heterocycles. The number of rotatable bonds is 5. The fourth-order valence-corrected chi connectivity index (χ4v) is 4.29. The summed E-state index contributed by atoms with van der Waals surface area (Å²) in [6, 6.07) is 16.3. The Labute approximate surface area is 173 Å². The fourth-order valence-electron chi connectivity index (χ4n) is 3.36. The van der Waals surface area contributed by atoms with Gasteiger partial charge in [0.15, 0.2) is 0 Å². The van der Waals surface area contributed by atoms with E-state index in [0.717, 1.165) is 43.7 Å². The van der Waals surface area contributed by atoms with Crippen LogP contribution in [0, 0.1) is 20.8 Å². The van der Waals surface area contributed by atoms with E-state index in [2.05, 4.69) is 39.6 Å². The maximum atomic E-state index is 12.3. The van der Waals surface area contributed by atoms with Gasteiger partial charge in [-0.05, 0) is 45.0 Å². The molecule has 5 nitrogen and oxygen atoms in total. The van der Waals surface area contributed by atoms with E-state index in [4.69, 9.17) is 0 Å². The van der Waals surface area contributed by atoms with Gasteiger partial charge in [0.25, 0.3) is 0 Å². The number of hydrogen-bond acceptors (Lipinski definition) is 4. The zero-order chi connectivity index (χ0) is 20.4. The number of benzene rings is 2. The molecule has 0 fully saturated rings. The maximum Gasteiger partial charge on any atom is 0.250 e. The van der Waals surface area contributed by atoms with Gasteiger partial charge in [0, 0.05) is 38.1 Å². The predicted octanol–water partition coefficient (Wildman–Crippen LogP) is 4.88. The molecule has 146 valence electrons. The largest absolute Gasteiger partial charge is 0.358 e. The maximum absolute atomic E-state index is 12.3. The molecule has 0 saturated carbocycles. The summed E-state index contributed by atoms with van der Waals surface area (Å²) in [5.41, 5.74) is 8.77. The third-order valence-electron chi connectivity index (χ3n) is 4.74. The molecule has 6 heteroatoms. The number of aromatic nitrogens is 2. The average Bonchev–Trinajstić information content (AvgIpc) is 3.02. The van der Waals surface area contributed by atoms with Crippen LogP contribution in [-0.4, -0.2) is 27.8 Å². The molecular formula is C23H22N4OS. The van der Waals surface area contributed by atoms with Crippen molar-refractivity contribution in [2.45, 2.75) is 25.7 Å². The Morgan fingerprint density at radius 1 is 1.14 bits per heavy atom. The normalized spacial score (nSPS) is 11.6. The first-order valence-electron chi connectivity index (χ1n) is 9.41. The van der Waals surface area contributed by atoms with Crippen LogP contribution in [0.25, 0.3) is 21.8 Å². The molecule has 4 aromatic rings. The number of pyridine rings is 1. The SMILES string of the molecule is Cc1ccc2nc(C)cc(SCC(=O)N/N=C/c3c(C)[nH]c4ccccc34)c2c1. The Hall–Kier alpha value is -3.12. The number of aromatic amines is 1. The number of amides is 1. The molecule has 2 aromatic carbocycles. The highest BCUT2D eigenvalue weighted by Gasteiger charge is 2.09. The Morgan fingerprint density at radius 3 is 2.83 bits per heavy atom. The van der Waals surface area contributed by atoms with Crippen LogP contribution in [0.4, 0.5) is 0 Å². The molecule has 0 bridgehead atoms. The second kappa shape index (κ2) is 8.09. The zero-order valence-electron chi connectivity index (χ0n) is 16.6. The first-order chi connectivity index (χ1) is 14.0. The van der Waals surface area contributed by atoms with E-state index in [1.54, 1.807) is 6.21 Å². The third-order valence-corrected chi connectivity index (χ3v) is 5.79. The van der Waals surface area contributed by atoms with Crippen molar-refractivity contribution in [3.8, 4) is 0 Å². The molecule has 2 N–H and O–H groups in total. The first-order valence-corrected chi connectivity index (χ1v) is 10.4. The number of aryl methyl sites for hydroxylation is 3. The summed E-state index contributed by atoms with van der Waals surface area (Å²) in [6.07, 6.45) is 1.70. The lowest BCUT2D eigenvalue weighted by atomic mass is 10.1. The summed E-state index contributed by atoms with van der Waals surface area (Å²) in [5, 5.41) is 6.33. The number of hydrazone groups is 1. The number of thioether (sulfide) groups is 1. The van der Waals surface area contributed by atoms with Crippen molar-refractivity contribution >= 4 is 45.7 Å². The quantitative estimate of drug-likeness (QED) is 0.284. The highest BCUT2D eigenvalue weighted by Crippen LogP contribution is 2.28. The van der Waals surface area contributed by atoms with Crippen molar-refractivity contribution in [3.63, 3.8) is 0 Å². The van der Waals surface area contributed by atoms with Gasteiger partial charge in [0.05, 0.1) is 17.5 Å². The Kier molecular flexibility index (Phi) is 5.36. The number of hydrogen-bond donors (Lipinski definition) is 2. The zero-order valence-corrected chi connectivity index (χ0v) is 17.4. The summed E-state index contributed by atoms with van der Waals surface area (Å²) in [4.78, 5) is 21.3. The van der Waals surface area contributed by atoms with Crippen molar-refractivity contribution < 1.29 is 4.79 Å². The van der Waals surface area contributed by atoms with Gasteiger partial charge in [0.1, 0.15) is 0 Å². The lowest BCUT2D eigenvalue weighted by Crippen LogP contribution is -2.19. The van der Waals surface area contributed by atoms with Crippen molar-refractivity contribution in [1.29, 1.82) is 0 Å². The second-order valence-corrected chi connectivity index (χ2v) is 8.09. The number of carbonyl (C=O) groups is 1. The molecule has 0 saturated heterocycles. The van der Waals surface area contributed by atoms with Crippen LogP contribution in [0.3, 0.4) is 0 Å². The molecule has 0 aliphatic carbocycles. The van der Waals surface area contributed by atoms with Crippen molar-refractivity contribution in [2.75, 3.05) is 5.75 Å². The predicted molar refractivity (Wildman–Crippen MR) is 121 cm³/mol. The average molecular weight is 403 g/mol. The molecule has 1 amide bonds. The van der Waals surface area contributed by atoms with E-state index >= 15 is 0 Å². The number of nitrogens with one attached hydrogen (secondary N) is 2. The van der Waals surface area contributed by atoms with Gasteiger partial charge in [-0.1, -0.05) is 29.8 Å². The molecular weight excluding hydrogens is 380 g/mol. The van der Waals surface area contributed by atoms with Crippen molar-refractivity contribution in [2.24, 2.45) is 5.10 Å². The molecule has 0 aliphatic heterocycles. The fraction of sp³-hybridized carbons (Fsp3) is 0.174. The van der Waals surface area contributed by atoms with Crippen molar-refractivity contribution in [3.05, 3.63) is 71.0 Å². The van der Waals surface area contributed by atoms with E-state index in [1.165, 1.54) is 17.3 Å². The monoisotopic (exact) mass is 402 g/mol. The lowest BCUT2D eigenvalue weighted by Gasteiger charge is -2.08.